The molecule has 0 aliphatic carbocycles. The zero-order valence-electron chi connectivity index (χ0n) is 12.9. The van der Waals surface area contributed by atoms with Crippen LogP contribution >= 0.6 is 0 Å². The number of carbonyl (C=O) groups is 1. The normalized spacial score (nSPS) is 16.6. The molecule has 0 saturated carbocycles. The Morgan fingerprint density at radius 1 is 1.17 bits per heavy atom. The number of likely N-dealkylation sites (N-methyl/N-ethyl adjacent to an activating group) is 1. The second-order valence-electron chi connectivity index (χ2n) is 5.34. The predicted molar refractivity (Wildman–Crippen MR) is 85.1 cm³/mol. The molecular formula is C13H16N4O6S. The lowest BCUT2D eigenvalue weighted by Gasteiger charge is -2.32. The minimum absolute atomic E-state index is 0.187. The van der Waals surface area contributed by atoms with Gasteiger partial charge in [-0.2, -0.15) is 0 Å². The number of hydrogen-bond acceptors (Lipinski definition) is 7. The Labute approximate surface area is 139 Å². The highest BCUT2D eigenvalue weighted by Gasteiger charge is 2.27. The monoisotopic (exact) mass is 356 g/mol. The van der Waals surface area contributed by atoms with E-state index in [4.69, 9.17) is 0 Å². The molecule has 1 atom stereocenters. The van der Waals surface area contributed by atoms with E-state index >= 15 is 0 Å². The number of nitrogens with zero attached hydrogens (tertiary/aromatic N) is 4. The van der Waals surface area contributed by atoms with E-state index in [1.54, 1.807) is 4.90 Å². The average molecular weight is 356 g/mol. The molecule has 1 heterocycles. The van der Waals surface area contributed by atoms with E-state index < -0.39 is 32.0 Å². The molecule has 1 unspecified atom stereocenters. The average Bonchev–Trinajstić information content (AvgIpc) is 2.54. The summed E-state index contributed by atoms with van der Waals surface area (Å²) in [6.45, 7) is 2.43. The molecule has 0 bridgehead atoms. The van der Waals surface area contributed by atoms with Crippen molar-refractivity contribution < 1.29 is 18.9 Å². The number of nitro benzene ring substituents is 2. The van der Waals surface area contributed by atoms with Crippen molar-refractivity contribution in [2.24, 2.45) is 0 Å². The molecule has 10 nitrogen and oxygen atoms in total. The SMILES string of the molecule is CN1CCN(C(=O)CS(=O)c2ccc([N+](=O)[O-])cc2[N+](=O)[O-])CC1. The van der Waals surface area contributed by atoms with Gasteiger partial charge >= 0.3 is 0 Å². The Morgan fingerprint density at radius 2 is 1.79 bits per heavy atom. The molecule has 2 rings (SSSR count). The number of nitro groups is 2. The Bertz CT molecular complexity index is 702. The lowest BCUT2D eigenvalue weighted by Crippen LogP contribution is -2.48. The maximum atomic E-state index is 12.3. The smallest absolute Gasteiger partial charge is 0.292 e. The van der Waals surface area contributed by atoms with Gasteiger partial charge in [0.15, 0.2) is 0 Å². The topological polar surface area (TPSA) is 127 Å². The summed E-state index contributed by atoms with van der Waals surface area (Å²) in [4.78, 5) is 35.8. The van der Waals surface area contributed by atoms with Crippen molar-refractivity contribution >= 4 is 28.1 Å². The first-order valence-electron chi connectivity index (χ1n) is 7.07. The highest BCUT2D eigenvalue weighted by molar-refractivity contribution is 7.86. The van der Waals surface area contributed by atoms with E-state index in [1.165, 1.54) is 0 Å². The third kappa shape index (κ3) is 4.11. The van der Waals surface area contributed by atoms with Crippen molar-refractivity contribution in [1.82, 2.24) is 9.80 Å². The van der Waals surface area contributed by atoms with Crippen LogP contribution in [0.25, 0.3) is 0 Å². The lowest BCUT2D eigenvalue weighted by atomic mass is 10.3. The van der Waals surface area contributed by atoms with Gasteiger partial charge in [0, 0.05) is 32.2 Å². The van der Waals surface area contributed by atoms with Gasteiger partial charge in [-0.3, -0.25) is 29.2 Å². The Kier molecular flexibility index (Phi) is 5.57. The molecular weight excluding hydrogens is 340 g/mol. The summed E-state index contributed by atoms with van der Waals surface area (Å²) in [5, 5.41) is 21.8. The number of carbonyl (C=O) groups excluding carboxylic acids is 1. The zero-order chi connectivity index (χ0) is 17.9. The van der Waals surface area contributed by atoms with Crippen molar-refractivity contribution in [3.63, 3.8) is 0 Å². The second kappa shape index (κ2) is 7.45. The van der Waals surface area contributed by atoms with Crippen LogP contribution in [0.3, 0.4) is 0 Å². The fourth-order valence-corrected chi connectivity index (χ4v) is 3.44. The zero-order valence-corrected chi connectivity index (χ0v) is 13.7. The van der Waals surface area contributed by atoms with E-state index in [0.29, 0.717) is 26.2 Å². The Balaban J connectivity index is 2.15. The summed E-state index contributed by atoms with van der Waals surface area (Å²) in [7, 11) is -0.0159. The van der Waals surface area contributed by atoms with Crippen LogP contribution in [-0.2, 0) is 15.6 Å². The summed E-state index contributed by atoms with van der Waals surface area (Å²) in [6.07, 6.45) is 0. The van der Waals surface area contributed by atoms with Crippen LogP contribution in [0.1, 0.15) is 0 Å². The van der Waals surface area contributed by atoms with Crippen molar-refractivity contribution in [1.29, 1.82) is 0 Å². The molecule has 1 fully saturated rings. The quantitative estimate of drug-likeness (QED) is 0.551. The fraction of sp³-hybridized carbons (Fsp3) is 0.462. The minimum Gasteiger partial charge on any atom is -0.339 e. The van der Waals surface area contributed by atoms with Gasteiger partial charge < -0.3 is 9.80 Å². The van der Waals surface area contributed by atoms with Crippen molar-refractivity contribution in [2.45, 2.75) is 4.90 Å². The first-order chi connectivity index (χ1) is 11.3. The van der Waals surface area contributed by atoms with Crippen LogP contribution in [0.2, 0.25) is 0 Å². The number of non-ortho nitro benzene ring substituents is 1. The maximum absolute atomic E-state index is 12.3. The molecule has 1 amide bonds. The molecule has 1 aliphatic rings. The second-order valence-corrected chi connectivity index (χ2v) is 6.76. The standard InChI is InChI=1S/C13H16N4O6S/c1-14-4-6-15(7-5-14)13(18)9-24(23)12-3-2-10(16(19)20)8-11(12)17(21)22/h2-3,8H,4-7,9H2,1H3. The minimum atomic E-state index is -1.95. The van der Waals surface area contributed by atoms with Crippen LogP contribution in [0, 0.1) is 20.2 Å². The summed E-state index contributed by atoms with van der Waals surface area (Å²) >= 11 is 0. The summed E-state index contributed by atoms with van der Waals surface area (Å²) in [6, 6.07) is 2.87. The Morgan fingerprint density at radius 3 is 2.33 bits per heavy atom. The van der Waals surface area contributed by atoms with E-state index in [1.807, 2.05) is 7.05 Å². The third-order valence-corrected chi connectivity index (χ3v) is 5.05. The van der Waals surface area contributed by atoms with Gasteiger partial charge in [0.2, 0.25) is 5.91 Å². The maximum Gasteiger partial charge on any atom is 0.292 e. The highest BCUT2D eigenvalue weighted by atomic mass is 32.2. The van der Waals surface area contributed by atoms with Gasteiger partial charge in [0.25, 0.3) is 11.4 Å². The van der Waals surface area contributed by atoms with Crippen molar-refractivity contribution in [2.75, 3.05) is 39.0 Å². The van der Waals surface area contributed by atoms with Crippen LogP contribution in [-0.4, -0.2) is 68.7 Å². The van der Waals surface area contributed by atoms with E-state index in [2.05, 4.69) is 4.90 Å². The van der Waals surface area contributed by atoms with E-state index in [9.17, 15) is 29.2 Å². The highest BCUT2D eigenvalue weighted by Crippen LogP contribution is 2.27. The Hall–Kier alpha value is -2.40. The molecule has 0 aromatic heterocycles. The number of benzene rings is 1. The first kappa shape index (κ1) is 17.9. The van der Waals surface area contributed by atoms with E-state index in [-0.39, 0.29) is 16.6 Å². The molecule has 1 saturated heterocycles. The molecule has 0 N–H and O–H groups in total. The van der Waals surface area contributed by atoms with Crippen LogP contribution in [0.4, 0.5) is 11.4 Å². The van der Waals surface area contributed by atoms with Crippen molar-refractivity contribution in [3.05, 3.63) is 38.4 Å². The molecule has 1 aromatic carbocycles. The molecule has 24 heavy (non-hydrogen) atoms. The third-order valence-electron chi connectivity index (χ3n) is 3.71. The summed E-state index contributed by atoms with van der Waals surface area (Å²) < 4.78 is 12.3. The van der Waals surface area contributed by atoms with Crippen molar-refractivity contribution in [3.8, 4) is 0 Å². The largest absolute Gasteiger partial charge is 0.339 e. The van der Waals surface area contributed by atoms with Gasteiger partial charge in [-0.1, -0.05) is 0 Å². The van der Waals surface area contributed by atoms with Gasteiger partial charge in [-0.25, -0.2) is 0 Å². The number of piperazine rings is 1. The molecule has 0 radical (unpaired) electrons. The van der Waals surface area contributed by atoms with E-state index in [0.717, 1.165) is 18.2 Å². The van der Waals surface area contributed by atoms with Crippen LogP contribution < -0.4 is 0 Å². The number of amides is 1. The van der Waals surface area contributed by atoms with Crippen LogP contribution in [0.15, 0.2) is 23.1 Å². The van der Waals surface area contributed by atoms with Gasteiger partial charge in [0.1, 0.15) is 10.6 Å². The molecule has 1 aliphatic heterocycles. The number of hydrogen-bond donors (Lipinski definition) is 0. The molecule has 11 heteroatoms. The predicted octanol–water partition coefficient (Wildman–Crippen LogP) is 0.385. The fourth-order valence-electron chi connectivity index (χ4n) is 2.29. The van der Waals surface area contributed by atoms with Gasteiger partial charge in [-0.05, 0) is 13.1 Å². The summed E-state index contributed by atoms with van der Waals surface area (Å²) in [5.41, 5.74) is -1.08. The van der Waals surface area contributed by atoms with Gasteiger partial charge in [0.05, 0.1) is 26.7 Å². The van der Waals surface area contributed by atoms with Gasteiger partial charge in [-0.15, -0.1) is 0 Å². The molecule has 0 spiro atoms. The first-order valence-corrected chi connectivity index (χ1v) is 8.39. The molecule has 1 aromatic rings. The molecule has 130 valence electrons. The lowest BCUT2D eigenvalue weighted by molar-refractivity contribution is -0.396. The number of rotatable bonds is 5. The summed E-state index contributed by atoms with van der Waals surface area (Å²) in [5.74, 6) is -0.739. The van der Waals surface area contributed by atoms with Crippen LogP contribution in [0.5, 0.6) is 0 Å².